The first kappa shape index (κ1) is 23.1. The van der Waals surface area contributed by atoms with Gasteiger partial charge in [-0.2, -0.15) is 4.98 Å². The molecule has 0 bridgehead atoms. The zero-order valence-electron chi connectivity index (χ0n) is 20.2. The van der Waals surface area contributed by atoms with Crippen LogP contribution in [-0.2, 0) is 13.0 Å². The Labute approximate surface area is 209 Å². The van der Waals surface area contributed by atoms with E-state index in [0.29, 0.717) is 22.4 Å². The minimum atomic E-state index is -0.0905. The van der Waals surface area contributed by atoms with E-state index in [-0.39, 0.29) is 5.91 Å². The van der Waals surface area contributed by atoms with Crippen molar-refractivity contribution in [2.45, 2.75) is 13.0 Å². The van der Waals surface area contributed by atoms with Crippen molar-refractivity contribution in [3.8, 4) is 11.6 Å². The molecule has 1 aliphatic heterocycles. The lowest BCUT2D eigenvalue weighted by Crippen LogP contribution is -2.26. The van der Waals surface area contributed by atoms with Gasteiger partial charge in [-0.3, -0.25) is 9.36 Å². The molecule has 0 unspecified atom stereocenters. The molecule has 0 saturated carbocycles. The summed E-state index contributed by atoms with van der Waals surface area (Å²) < 4.78 is 7.49. The molecule has 180 valence electrons. The Balaban J connectivity index is 1.57. The maximum atomic E-state index is 12.8. The highest BCUT2D eigenvalue weighted by Crippen LogP contribution is 2.34. The Hall–Kier alpha value is -3.62. The number of carbonyl (C=O) groups excluding carboxylic acids is 1. The number of hydrogen-bond acceptors (Lipinski definition) is 6. The second-order valence-electron chi connectivity index (χ2n) is 8.93. The second kappa shape index (κ2) is 9.20. The lowest BCUT2D eigenvalue weighted by Gasteiger charge is -2.26. The zero-order valence-corrected chi connectivity index (χ0v) is 20.9. The number of likely N-dealkylation sites (N-methyl/N-ethyl adjacent to an activating group) is 1. The predicted molar refractivity (Wildman–Crippen MR) is 138 cm³/mol. The number of carbonyl (C=O) groups is 1. The normalized spacial score (nSPS) is 13.5. The molecule has 0 spiro atoms. The van der Waals surface area contributed by atoms with E-state index in [1.165, 1.54) is 11.1 Å². The van der Waals surface area contributed by atoms with Crippen molar-refractivity contribution in [2.75, 3.05) is 40.1 Å². The van der Waals surface area contributed by atoms with Crippen LogP contribution in [0, 0.1) is 0 Å². The molecule has 2 aromatic heterocycles. The van der Waals surface area contributed by atoms with Gasteiger partial charge in [-0.1, -0.05) is 29.8 Å². The van der Waals surface area contributed by atoms with Crippen LogP contribution in [0.4, 0.5) is 11.6 Å². The van der Waals surface area contributed by atoms with Crippen molar-refractivity contribution < 1.29 is 9.53 Å². The van der Waals surface area contributed by atoms with Gasteiger partial charge < -0.3 is 19.9 Å². The minimum absolute atomic E-state index is 0.0905. The Kier molecular flexibility index (Phi) is 6.08. The quantitative estimate of drug-likeness (QED) is 0.443. The van der Waals surface area contributed by atoms with Crippen molar-refractivity contribution in [3.63, 3.8) is 0 Å². The van der Waals surface area contributed by atoms with Crippen molar-refractivity contribution in [1.29, 1.82) is 0 Å². The van der Waals surface area contributed by atoms with E-state index in [2.05, 4.69) is 34.4 Å². The van der Waals surface area contributed by atoms with Crippen LogP contribution in [0.25, 0.3) is 16.7 Å². The van der Waals surface area contributed by atoms with Gasteiger partial charge in [-0.15, -0.1) is 0 Å². The first-order chi connectivity index (χ1) is 16.9. The van der Waals surface area contributed by atoms with E-state index < -0.39 is 0 Å². The molecule has 2 aromatic carbocycles. The van der Waals surface area contributed by atoms with Gasteiger partial charge in [-0.05, 0) is 42.8 Å². The third-order valence-electron chi connectivity index (χ3n) is 6.27. The van der Waals surface area contributed by atoms with Gasteiger partial charge in [-0.25, -0.2) is 4.98 Å². The summed E-state index contributed by atoms with van der Waals surface area (Å²) in [5.74, 6) is 1.51. The Bertz CT molecular complexity index is 1430. The number of fused-ring (bicyclic) bond motifs is 2. The Morgan fingerprint density at radius 1 is 1.20 bits per heavy atom. The average molecular weight is 491 g/mol. The highest BCUT2D eigenvalue weighted by molar-refractivity contribution is 6.32. The summed E-state index contributed by atoms with van der Waals surface area (Å²) in [6.45, 7) is 1.90. The summed E-state index contributed by atoms with van der Waals surface area (Å²) in [6.07, 6.45) is 4.33. The second-order valence-corrected chi connectivity index (χ2v) is 9.34. The maximum absolute atomic E-state index is 12.8. The van der Waals surface area contributed by atoms with Crippen LogP contribution >= 0.6 is 11.6 Å². The summed E-state index contributed by atoms with van der Waals surface area (Å²) in [5, 5.41) is 4.51. The molecule has 9 heteroatoms. The molecular formula is C26H27ClN6O2. The van der Waals surface area contributed by atoms with Gasteiger partial charge in [0.2, 0.25) is 5.95 Å². The molecular weight excluding hydrogens is 464 g/mol. The molecule has 1 N–H and O–H groups in total. The summed E-state index contributed by atoms with van der Waals surface area (Å²) in [5.41, 5.74) is 4.74. The molecule has 5 rings (SSSR count). The third kappa shape index (κ3) is 4.31. The van der Waals surface area contributed by atoms with Gasteiger partial charge in [0.05, 0.1) is 30.1 Å². The number of hydrogen-bond donors (Lipinski definition) is 1. The standard InChI is InChI=1S/C26H27ClN6O2/c1-31(2)25(34)19-15-33(22-8-6-5-7-18(19)22)24-20(27)13-28-26(30-24)29-21-11-17-14-32(3)10-9-16(17)12-23(21)35-4/h5-8,11-13,15H,9-10,14H2,1-4H3,(H,28,29,30). The van der Waals surface area contributed by atoms with Crippen LogP contribution in [0.2, 0.25) is 5.02 Å². The summed E-state index contributed by atoms with van der Waals surface area (Å²) in [6, 6.07) is 11.9. The van der Waals surface area contributed by atoms with Crippen LogP contribution < -0.4 is 10.1 Å². The molecule has 0 fully saturated rings. The summed E-state index contributed by atoms with van der Waals surface area (Å²) in [7, 11) is 7.24. The van der Waals surface area contributed by atoms with E-state index in [4.69, 9.17) is 21.3 Å². The molecule has 35 heavy (non-hydrogen) atoms. The number of ether oxygens (including phenoxy) is 1. The molecule has 0 radical (unpaired) electrons. The number of nitrogens with zero attached hydrogens (tertiary/aromatic N) is 5. The largest absolute Gasteiger partial charge is 0.495 e. The lowest BCUT2D eigenvalue weighted by molar-refractivity contribution is 0.0829. The van der Waals surface area contributed by atoms with Crippen molar-refractivity contribution >= 4 is 40.0 Å². The van der Waals surface area contributed by atoms with Crippen molar-refractivity contribution in [2.24, 2.45) is 0 Å². The number of rotatable bonds is 5. The van der Waals surface area contributed by atoms with Gasteiger partial charge in [0.15, 0.2) is 5.82 Å². The van der Waals surface area contributed by atoms with E-state index in [1.807, 2.05) is 28.8 Å². The third-order valence-corrected chi connectivity index (χ3v) is 6.54. The van der Waals surface area contributed by atoms with Crippen LogP contribution in [-0.4, -0.2) is 65.0 Å². The fraction of sp³-hybridized carbons (Fsp3) is 0.269. The Morgan fingerprint density at radius 2 is 2.00 bits per heavy atom. The number of halogens is 1. The van der Waals surface area contributed by atoms with Gasteiger partial charge in [0.1, 0.15) is 10.8 Å². The predicted octanol–water partition coefficient (Wildman–Crippen LogP) is 4.52. The molecule has 1 amide bonds. The fourth-order valence-electron chi connectivity index (χ4n) is 4.47. The maximum Gasteiger partial charge on any atom is 0.255 e. The topological polar surface area (TPSA) is 75.5 Å². The van der Waals surface area contributed by atoms with Gasteiger partial charge in [0, 0.05) is 38.8 Å². The SMILES string of the molecule is COc1cc2c(cc1Nc1ncc(Cl)c(-n3cc(C(=O)N(C)C)c4ccccc43)n1)CN(C)CC2. The van der Waals surface area contributed by atoms with Crippen LogP contribution in [0.15, 0.2) is 48.8 Å². The van der Waals surface area contributed by atoms with Crippen LogP contribution in [0.5, 0.6) is 5.75 Å². The first-order valence-electron chi connectivity index (χ1n) is 11.4. The highest BCUT2D eigenvalue weighted by Gasteiger charge is 2.21. The first-order valence-corrected chi connectivity index (χ1v) is 11.7. The number of nitrogens with one attached hydrogen (secondary N) is 1. The Morgan fingerprint density at radius 3 is 2.77 bits per heavy atom. The van der Waals surface area contributed by atoms with Gasteiger partial charge >= 0.3 is 0 Å². The minimum Gasteiger partial charge on any atom is -0.495 e. The smallest absolute Gasteiger partial charge is 0.255 e. The average Bonchev–Trinajstić information content (AvgIpc) is 3.23. The highest BCUT2D eigenvalue weighted by atomic mass is 35.5. The number of aromatic nitrogens is 3. The summed E-state index contributed by atoms with van der Waals surface area (Å²) >= 11 is 6.56. The molecule has 0 aliphatic carbocycles. The number of amides is 1. The van der Waals surface area contributed by atoms with E-state index in [9.17, 15) is 4.79 Å². The number of para-hydroxylation sites is 1. The molecule has 0 atom stereocenters. The number of benzene rings is 2. The van der Waals surface area contributed by atoms with Crippen molar-refractivity contribution in [3.05, 3.63) is 70.5 Å². The molecule has 3 heterocycles. The number of methoxy groups -OCH3 is 1. The molecule has 0 saturated heterocycles. The van der Waals surface area contributed by atoms with E-state index in [0.717, 1.165) is 41.9 Å². The number of anilines is 2. The molecule has 1 aliphatic rings. The van der Waals surface area contributed by atoms with E-state index in [1.54, 1.807) is 38.5 Å². The lowest BCUT2D eigenvalue weighted by atomic mass is 9.99. The van der Waals surface area contributed by atoms with Gasteiger partial charge in [0.25, 0.3) is 5.91 Å². The fourth-order valence-corrected chi connectivity index (χ4v) is 4.65. The summed E-state index contributed by atoms with van der Waals surface area (Å²) in [4.78, 5) is 25.8. The molecule has 4 aromatic rings. The van der Waals surface area contributed by atoms with Crippen molar-refractivity contribution in [1.82, 2.24) is 24.3 Å². The monoisotopic (exact) mass is 490 g/mol. The van der Waals surface area contributed by atoms with Crippen LogP contribution in [0.3, 0.4) is 0 Å². The van der Waals surface area contributed by atoms with E-state index >= 15 is 0 Å². The zero-order chi connectivity index (χ0) is 24.7. The molecule has 8 nitrogen and oxygen atoms in total. The van der Waals surface area contributed by atoms with Crippen LogP contribution in [0.1, 0.15) is 21.5 Å².